The molecule has 1 aliphatic rings. The molecule has 2 aromatic carbocycles. The Hall–Kier alpha value is -2.13. The highest BCUT2D eigenvalue weighted by molar-refractivity contribution is 5.94. The topological polar surface area (TPSA) is 32.3 Å². The summed E-state index contributed by atoms with van der Waals surface area (Å²) in [7, 11) is 0. The molecule has 0 saturated carbocycles. The summed E-state index contributed by atoms with van der Waals surface area (Å²) in [6.07, 6.45) is 6.20. The Morgan fingerprint density at radius 1 is 1.00 bits per heavy atom. The van der Waals surface area contributed by atoms with E-state index in [2.05, 4.69) is 61.3 Å². The summed E-state index contributed by atoms with van der Waals surface area (Å²) in [4.78, 5) is 15.3. The number of likely N-dealkylation sites (tertiary alicyclic amines) is 1. The van der Waals surface area contributed by atoms with Gasteiger partial charge in [0.25, 0.3) is 5.91 Å². The molecule has 3 nitrogen and oxygen atoms in total. The molecule has 1 heterocycles. The van der Waals surface area contributed by atoms with Gasteiger partial charge in [-0.3, -0.25) is 9.69 Å². The second kappa shape index (κ2) is 9.88. The molecule has 1 amide bonds. The predicted octanol–water partition coefficient (Wildman–Crippen LogP) is 5.56. The molecule has 0 aliphatic carbocycles. The second-order valence-corrected chi connectivity index (χ2v) is 8.18. The van der Waals surface area contributed by atoms with Gasteiger partial charge in [0.15, 0.2) is 0 Å². The lowest BCUT2D eigenvalue weighted by Gasteiger charge is -2.21. The number of carbonyl (C=O) groups is 1. The van der Waals surface area contributed by atoms with Crippen LogP contribution in [-0.4, -0.2) is 23.9 Å². The fourth-order valence-electron chi connectivity index (χ4n) is 4.17. The van der Waals surface area contributed by atoms with Crippen LogP contribution in [0.2, 0.25) is 0 Å². The van der Waals surface area contributed by atoms with Crippen molar-refractivity contribution in [2.45, 2.75) is 65.5 Å². The van der Waals surface area contributed by atoms with Gasteiger partial charge in [-0.1, -0.05) is 55.7 Å². The summed E-state index contributed by atoms with van der Waals surface area (Å²) in [5, 5.41) is 3.22. The molecular weight excluding hydrogens is 344 g/mol. The summed E-state index contributed by atoms with van der Waals surface area (Å²) in [5.74, 6) is 0.00754. The van der Waals surface area contributed by atoms with E-state index in [1.54, 1.807) is 0 Å². The van der Waals surface area contributed by atoms with E-state index in [1.807, 2.05) is 12.1 Å². The first kappa shape index (κ1) is 20.6. The highest BCUT2D eigenvalue weighted by Crippen LogP contribution is 2.22. The highest BCUT2D eigenvalue weighted by atomic mass is 16.1. The van der Waals surface area contributed by atoms with Crippen molar-refractivity contribution >= 4 is 5.91 Å². The monoisotopic (exact) mass is 378 g/mol. The SMILES string of the molecule is CC[C@@H](NC(=O)c1ccc(CN2CCCCCC2)cc1)c1ccc(C)cc1C. The maximum absolute atomic E-state index is 12.8. The number of hydrogen-bond acceptors (Lipinski definition) is 2. The standard InChI is InChI=1S/C25H34N2O/c1-4-24(23-14-9-19(2)17-20(23)3)26-25(28)22-12-10-21(11-13-22)18-27-15-7-5-6-8-16-27/h9-14,17,24H,4-8,15-16,18H2,1-3H3,(H,26,28)/t24-/m1/s1. The van der Waals surface area contributed by atoms with E-state index in [-0.39, 0.29) is 11.9 Å². The number of carbonyl (C=O) groups excluding carboxylic acids is 1. The number of rotatable bonds is 6. The van der Waals surface area contributed by atoms with E-state index in [1.165, 1.54) is 61.0 Å². The number of aryl methyl sites for hydroxylation is 2. The number of benzene rings is 2. The predicted molar refractivity (Wildman–Crippen MR) is 117 cm³/mol. The number of amides is 1. The van der Waals surface area contributed by atoms with Crippen molar-refractivity contribution in [1.29, 1.82) is 0 Å². The fourth-order valence-corrected chi connectivity index (χ4v) is 4.17. The van der Waals surface area contributed by atoms with Gasteiger partial charge in [-0.25, -0.2) is 0 Å². The van der Waals surface area contributed by atoms with Crippen LogP contribution in [0.5, 0.6) is 0 Å². The van der Waals surface area contributed by atoms with Gasteiger partial charge in [0.05, 0.1) is 6.04 Å². The Bertz CT molecular complexity index is 774. The number of hydrogen-bond donors (Lipinski definition) is 1. The van der Waals surface area contributed by atoms with E-state index >= 15 is 0 Å². The van der Waals surface area contributed by atoms with Gasteiger partial charge in [0, 0.05) is 12.1 Å². The minimum absolute atomic E-state index is 0.00754. The van der Waals surface area contributed by atoms with Gasteiger partial charge >= 0.3 is 0 Å². The summed E-state index contributed by atoms with van der Waals surface area (Å²) in [6, 6.07) is 14.6. The zero-order valence-electron chi connectivity index (χ0n) is 17.6. The largest absolute Gasteiger partial charge is 0.345 e. The van der Waals surface area contributed by atoms with E-state index in [9.17, 15) is 4.79 Å². The van der Waals surface area contributed by atoms with Crippen LogP contribution in [0, 0.1) is 13.8 Å². The van der Waals surface area contributed by atoms with Crippen LogP contribution in [0.3, 0.4) is 0 Å². The van der Waals surface area contributed by atoms with Gasteiger partial charge in [-0.2, -0.15) is 0 Å². The molecule has 1 fully saturated rings. The molecule has 1 saturated heterocycles. The molecule has 3 heteroatoms. The molecule has 1 atom stereocenters. The van der Waals surface area contributed by atoms with Crippen molar-refractivity contribution in [3.63, 3.8) is 0 Å². The van der Waals surface area contributed by atoms with Crippen LogP contribution in [0.1, 0.15) is 77.7 Å². The van der Waals surface area contributed by atoms with Crippen LogP contribution in [0.25, 0.3) is 0 Å². The Balaban J connectivity index is 1.63. The van der Waals surface area contributed by atoms with Crippen LogP contribution in [0.4, 0.5) is 0 Å². The molecular formula is C25H34N2O. The Morgan fingerprint density at radius 3 is 2.29 bits per heavy atom. The Labute approximate surface area is 170 Å². The second-order valence-electron chi connectivity index (χ2n) is 8.18. The third-order valence-corrected chi connectivity index (χ3v) is 5.84. The Morgan fingerprint density at radius 2 is 1.68 bits per heavy atom. The maximum atomic E-state index is 12.8. The quantitative estimate of drug-likeness (QED) is 0.713. The lowest BCUT2D eigenvalue weighted by molar-refractivity contribution is 0.0935. The lowest BCUT2D eigenvalue weighted by atomic mass is 9.97. The molecule has 28 heavy (non-hydrogen) atoms. The number of nitrogens with one attached hydrogen (secondary N) is 1. The third-order valence-electron chi connectivity index (χ3n) is 5.84. The zero-order chi connectivity index (χ0) is 19.9. The fraction of sp³-hybridized carbons (Fsp3) is 0.480. The minimum atomic E-state index is 0.00754. The van der Waals surface area contributed by atoms with Crippen LogP contribution >= 0.6 is 0 Å². The lowest BCUT2D eigenvalue weighted by Crippen LogP contribution is -2.28. The summed E-state index contributed by atoms with van der Waals surface area (Å²) < 4.78 is 0. The van der Waals surface area contributed by atoms with Crippen LogP contribution in [0.15, 0.2) is 42.5 Å². The van der Waals surface area contributed by atoms with Crippen molar-refractivity contribution in [2.24, 2.45) is 0 Å². The molecule has 0 unspecified atom stereocenters. The molecule has 0 spiro atoms. The van der Waals surface area contributed by atoms with Crippen LogP contribution in [-0.2, 0) is 6.54 Å². The summed E-state index contributed by atoms with van der Waals surface area (Å²) >= 11 is 0. The van der Waals surface area contributed by atoms with Gasteiger partial charge in [-0.15, -0.1) is 0 Å². The van der Waals surface area contributed by atoms with E-state index in [4.69, 9.17) is 0 Å². The van der Waals surface area contributed by atoms with Crippen molar-refractivity contribution < 1.29 is 4.79 Å². The minimum Gasteiger partial charge on any atom is -0.345 e. The van der Waals surface area contributed by atoms with Gasteiger partial charge in [0.1, 0.15) is 0 Å². The molecule has 0 aromatic heterocycles. The zero-order valence-corrected chi connectivity index (χ0v) is 17.6. The van der Waals surface area contributed by atoms with Crippen molar-refractivity contribution in [2.75, 3.05) is 13.1 Å². The normalized spacial score (nSPS) is 16.4. The van der Waals surface area contributed by atoms with Gasteiger partial charge in [0.2, 0.25) is 0 Å². The molecule has 0 radical (unpaired) electrons. The molecule has 1 aliphatic heterocycles. The van der Waals surface area contributed by atoms with E-state index in [0.29, 0.717) is 0 Å². The van der Waals surface area contributed by atoms with Crippen molar-refractivity contribution in [1.82, 2.24) is 10.2 Å². The summed E-state index contributed by atoms with van der Waals surface area (Å²) in [6.45, 7) is 9.71. The molecule has 3 rings (SSSR count). The van der Waals surface area contributed by atoms with Gasteiger partial charge in [-0.05, 0) is 75.0 Å². The van der Waals surface area contributed by atoms with Crippen molar-refractivity contribution in [3.05, 3.63) is 70.3 Å². The van der Waals surface area contributed by atoms with E-state index < -0.39 is 0 Å². The first-order valence-corrected chi connectivity index (χ1v) is 10.8. The molecule has 1 N–H and O–H groups in total. The molecule has 2 aromatic rings. The van der Waals surface area contributed by atoms with Crippen LogP contribution < -0.4 is 5.32 Å². The van der Waals surface area contributed by atoms with Gasteiger partial charge < -0.3 is 5.32 Å². The average Bonchev–Trinajstić information content (AvgIpc) is 2.95. The smallest absolute Gasteiger partial charge is 0.251 e. The highest BCUT2D eigenvalue weighted by Gasteiger charge is 2.16. The molecule has 150 valence electrons. The number of nitrogens with zero attached hydrogens (tertiary/aromatic N) is 1. The average molecular weight is 379 g/mol. The maximum Gasteiger partial charge on any atom is 0.251 e. The third kappa shape index (κ3) is 5.45. The van der Waals surface area contributed by atoms with E-state index in [0.717, 1.165) is 18.5 Å². The first-order valence-electron chi connectivity index (χ1n) is 10.8. The first-order chi connectivity index (χ1) is 13.6. The Kier molecular flexibility index (Phi) is 7.27. The summed E-state index contributed by atoms with van der Waals surface area (Å²) in [5.41, 5.74) is 5.73. The molecule has 0 bridgehead atoms. The van der Waals surface area contributed by atoms with Crippen molar-refractivity contribution in [3.8, 4) is 0 Å².